The summed E-state index contributed by atoms with van der Waals surface area (Å²) < 4.78 is 5.41. The van der Waals surface area contributed by atoms with Gasteiger partial charge in [-0.1, -0.05) is 13.8 Å². The summed E-state index contributed by atoms with van der Waals surface area (Å²) in [5, 5.41) is 12.6. The highest BCUT2D eigenvalue weighted by Crippen LogP contribution is 2.33. The molecule has 1 aliphatic rings. The molecule has 1 aliphatic heterocycles. The second kappa shape index (κ2) is 8.93. The van der Waals surface area contributed by atoms with E-state index in [1.54, 1.807) is 4.90 Å². The standard InChI is InChI=1S/C20H36N2O5/c1-8-20(6,7)21-16(23)11-15(17(24)25)14-9-10-22(12-13(14)2)18(26)27-19(3,4)5/h13-15H,8-12H2,1-7H3,(H,21,23)(H,24,25). The van der Waals surface area contributed by atoms with E-state index < -0.39 is 17.5 Å². The lowest BCUT2D eigenvalue weighted by atomic mass is 9.76. The molecular formula is C20H36N2O5. The monoisotopic (exact) mass is 384 g/mol. The van der Waals surface area contributed by atoms with Crippen LogP contribution in [0.2, 0.25) is 0 Å². The van der Waals surface area contributed by atoms with Crippen LogP contribution in [-0.4, -0.2) is 52.2 Å². The number of carboxylic acids is 1. The van der Waals surface area contributed by atoms with Crippen LogP contribution in [0.1, 0.15) is 67.7 Å². The minimum atomic E-state index is -0.956. The molecule has 1 rings (SSSR count). The van der Waals surface area contributed by atoms with Crippen LogP contribution in [0.15, 0.2) is 0 Å². The van der Waals surface area contributed by atoms with Gasteiger partial charge in [-0.25, -0.2) is 4.79 Å². The van der Waals surface area contributed by atoms with Gasteiger partial charge in [-0.15, -0.1) is 0 Å². The Morgan fingerprint density at radius 1 is 1.22 bits per heavy atom. The van der Waals surface area contributed by atoms with Crippen LogP contribution in [-0.2, 0) is 14.3 Å². The number of rotatable bonds is 6. The Balaban J connectivity index is 2.74. The average Bonchev–Trinajstić information content (AvgIpc) is 2.50. The predicted molar refractivity (Wildman–Crippen MR) is 103 cm³/mol. The van der Waals surface area contributed by atoms with Gasteiger partial charge in [0.15, 0.2) is 0 Å². The summed E-state index contributed by atoms with van der Waals surface area (Å²) in [6.45, 7) is 14.1. The molecule has 0 spiro atoms. The molecule has 0 aromatic carbocycles. The molecule has 1 saturated heterocycles. The van der Waals surface area contributed by atoms with Crippen LogP contribution in [0.4, 0.5) is 4.79 Å². The number of nitrogens with one attached hydrogen (secondary N) is 1. The van der Waals surface area contributed by atoms with Crippen molar-refractivity contribution in [2.75, 3.05) is 13.1 Å². The minimum Gasteiger partial charge on any atom is -0.481 e. The van der Waals surface area contributed by atoms with Crippen molar-refractivity contribution in [1.29, 1.82) is 0 Å². The van der Waals surface area contributed by atoms with Crippen LogP contribution in [0.5, 0.6) is 0 Å². The first-order chi connectivity index (χ1) is 12.3. The van der Waals surface area contributed by atoms with Gasteiger partial charge in [0.05, 0.1) is 5.92 Å². The second-order valence-electron chi connectivity index (χ2n) is 9.29. The predicted octanol–water partition coefficient (Wildman–Crippen LogP) is 3.28. The topological polar surface area (TPSA) is 95.9 Å². The van der Waals surface area contributed by atoms with E-state index in [-0.39, 0.29) is 35.8 Å². The molecule has 0 bridgehead atoms. The molecule has 0 radical (unpaired) electrons. The lowest BCUT2D eigenvalue weighted by Gasteiger charge is -2.39. The van der Waals surface area contributed by atoms with Gasteiger partial charge in [-0.3, -0.25) is 9.59 Å². The molecule has 2 amide bonds. The van der Waals surface area contributed by atoms with Crippen molar-refractivity contribution in [3.63, 3.8) is 0 Å². The molecule has 0 aromatic heterocycles. The lowest BCUT2D eigenvalue weighted by Crippen LogP contribution is -2.49. The highest BCUT2D eigenvalue weighted by Gasteiger charge is 2.39. The number of hydrogen-bond donors (Lipinski definition) is 2. The molecule has 0 aromatic rings. The first-order valence-electron chi connectivity index (χ1n) is 9.77. The summed E-state index contributed by atoms with van der Waals surface area (Å²) in [5.41, 5.74) is -0.920. The summed E-state index contributed by atoms with van der Waals surface area (Å²) >= 11 is 0. The third-order valence-corrected chi connectivity index (χ3v) is 5.22. The molecule has 7 nitrogen and oxygen atoms in total. The maximum Gasteiger partial charge on any atom is 0.410 e. The molecule has 3 atom stereocenters. The van der Waals surface area contributed by atoms with Crippen molar-refractivity contribution in [3.05, 3.63) is 0 Å². The Morgan fingerprint density at radius 3 is 2.26 bits per heavy atom. The van der Waals surface area contributed by atoms with Gasteiger partial charge in [0.1, 0.15) is 5.60 Å². The van der Waals surface area contributed by atoms with Gasteiger partial charge < -0.3 is 20.1 Å². The highest BCUT2D eigenvalue weighted by atomic mass is 16.6. The van der Waals surface area contributed by atoms with Gasteiger partial charge in [-0.05, 0) is 59.3 Å². The number of hydrogen-bond acceptors (Lipinski definition) is 4. The lowest BCUT2D eigenvalue weighted by molar-refractivity contribution is -0.148. The normalized spacial score (nSPS) is 22.1. The Labute approximate surface area is 162 Å². The molecule has 0 aliphatic carbocycles. The van der Waals surface area contributed by atoms with Gasteiger partial charge in [0.25, 0.3) is 0 Å². The van der Waals surface area contributed by atoms with E-state index >= 15 is 0 Å². The SMILES string of the molecule is CCC(C)(C)NC(=O)CC(C(=O)O)C1CCN(C(=O)OC(C)(C)C)CC1C. The zero-order chi connectivity index (χ0) is 21.0. The fourth-order valence-corrected chi connectivity index (χ4v) is 3.39. The van der Waals surface area contributed by atoms with E-state index in [9.17, 15) is 19.5 Å². The summed E-state index contributed by atoms with van der Waals surface area (Å²) in [4.78, 5) is 38.1. The number of amides is 2. The van der Waals surface area contributed by atoms with Gasteiger partial charge in [0, 0.05) is 25.0 Å². The Hall–Kier alpha value is -1.79. The fourth-order valence-electron chi connectivity index (χ4n) is 3.39. The molecular weight excluding hydrogens is 348 g/mol. The van der Waals surface area contributed by atoms with Gasteiger partial charge >= 0.3 is 12.1 Å². The number of likely N-dealkylation sites (tertiary alicyclic amines) is 1. The number of aliphatic carboxylic acids is 1. The summed E-state index contributed by atoms with van der Waals surface area (Å²) in [6, 6.07) is 0. The molecule has 1 fully saturated rings. The van der Waals surface area contributed by atoms with E-state index in [4.69, 9.17) is 4.74 Å². The van der Waals surface area contributed by atoms with Crippen molar-refractivity contribution in [3.8, 4) is 0 Å². The van der Waals surface area contributed by atoms with E-state index in [1.807, 2.05) is 48.5 Å². The summed E-state index contributed by atoms with van der Waals surface area (Å²) in [7, 11) is 0. The smallest absolute Gasteiger partial charge is 0.410 e. The van der Waals surface area contributed by atoms with Crippen molar-refractivity contribution in [2.24, 2.45) is 17.8 Å². The van der Waals surface area contributed by atoms with Crippen LogP contribution in [0.25, 0.3) is 0 Å². The second-order valence-corrected chi connectivity index (χ2v) is 9.29. The Morgan fingerprint density at radius 2 is 1.81 bits per heavy atom. The number of piperidine rings is 1. The summed E-state index contributed by atoms with van der Waals surface area (Å²) in [5.74, 6) is -2.14. The third-order valence-electron chi connectivity index (χ3n) is 5.22. The average molecular weight is 385 g/mol. The molecule has 156 valence electrons. The van der Waals surface area contributed by atoms with E-state index in [0.29, 0.717) is 19.5 Å². The van der Waals surface area contributed by atoms with Crippen molar-refractivity contribution < 1.29 is 24.2 Å². The van der Waals surface area contributed by atoms with Crippen LogP contribution in [0, 0.1) is 17.8 Å². The number of carbonyl (C=O) groups is 3. The molecule has 3 unspecified atom stereocenters. The maximum atomic E-state index is 12.4. The molecule has 7 heteroatoms. The van der Waals surface area contributed by atoms with E-state index in [1.165, 1.54) is 0 Å². The molecule has 27 heavy (non-hydrogen) atoms. The van der Waals surface area contributed by atoms with E-state index in [2.05, 4.69) is 5.32 Å². The molecule has 1 heterocycles. The minimum absolute atomic E-state index is 0.0284. The van der Waals surface area contributed by atoms with Crippen LogP contribution < -0.4 is 5.32 Å². The van der Waals surface area contributed by atoms with Crippen molar-refractivity contribution in [2.45, 2.75) is 78.9 Å². The zero-order valence-electron chi connectivity index (χ0n) is 17.8. The number of nitrogens with zero attached hydrogens (tertiary/aromatic N) is 1. The van der Waals surface area contributed by atoms with Crippen molar-refractivity contribution >= 4 is 18.0 Å². The Bertz CT molecular complexity index is 553. The van der Waals surface area contributed by atoms with Crippen LogP contribution in [0.3, 0.4) is 0 Å². The quantitative estimate of drug-likeness (QED) is 0.733. The highest BCUT2D eigenvalue weighted by molar-refractivity contribution is 5.83. The van der Waals surface area contributed by atoms with Gasteiger partial charge in [0.2, 0.25) is 5.91 Å². The van der Waals surface area contributed by atoms with Gasteiger partial charge in [-0.2, -0.15) is 0 Å². The molecule has 0 saturated carbocycles. The maximum absolute atomic E-state index is 12.4. The Kier molecular flexibility index (Phi) is 7.69. The summed E-state index contributed by atoms with van der Waals surface area (Å²) in [6.07, 6.45) is 0.894. The fraction of sp³-hybridized carbons (Fsp3) is 0.850. The first kappa shape index (κ1) is 23.2. The number of carbonyl (C=O) groups excluding carboxylic acids is 2. The third kappa shape index (κ3) is 7.39. The largest absolute Gasteiger partial charge is 0.481 e. The first-order valence-corrected chi connectivity index (χ1v) is 9.77. The number of carboxylic acid groups (broad SMARTS) is 1. The molecule has 2 N–H and O–H groups in total. The van der Waals surface area contributed by atoms with E-state index in [0.717, 1.165) is 6.42 Å². The van der Waals surface area contributed by atoms with Crippen molar-refractivity contribution in [1.82, 2.24) is 10.2 Å². The van der Waals surface area contributed by atoms with Crippen LogP contribution >= 0.6 is 0 Å². The zero-order valence-corrected chi connectivity index (χ0v) is 17.8. The number of ether oxygens (including phenoxy) is 1.